The number of hydrogen-bond acceptors (Lipinski definition) is 2. The zero-order chi connectivity index (χ0) is 20.1. The number of rotatable bonds is 5. The van der Waals surface area contributed by atoms with Gasteiger partial charge in [-0.1, -0.05) is 72.8 Å². The molecular formula is C25H24N2O2. The van der Waals surface area contributed by atoms with Crippen molar-refractivity contribution in [3.05, 3.63) is 96.1 Å². The number of amides is 2. The molecule has 2 amide bonds. The van der Waals surface area contributed by atoms with Crippen LogP contribution in [0.5, 0.6) is 0 Å². The average molecular weight is 384 g/mol. The average Bonchev–Trinajstić information content (AvgIpc) is 3.28. The molecule has 1 saturated heterocycles. The first kappa shape index (κ1) is 18.9. The number of carbonyl (C=O) groups is 2. The third kappa shape index (κ3) is 4.37. The zero-order valence-corrected chi connectivity index (χ0v) is 16.3. The van der Waals surface area contributed by atoms with Gasteiger partial charge in [0.25, 0.3) is 5.91 Å². The molecule has 0 spiro atoms. The lowest BCUT2D eigenvalue weighted by Gasteiger charge is -2.24. The molecule has 0 saturated carbocycles. The maximum atomic E-state index is 13.0. The summed E-state index contributed by atoms with van der Waals surface area (Å²) in [6, 6.07) is 27.1. The van der Waals surface area contributed by atoms with Crippen LogP contribution in [0.2, 0.25) is 0 Å². The maximum absolute atomic E-state index is 13.0. The summed E-state index contributed by atoms with van der Waals surface area (Å²) in [6.07, 6.45) is 1.55. The van der Waals surface area contributed by atoms with Crippen LogP contribution in [0, 0.1) is 0 Å². The minimum Gasteiger partial charge on any atom is -0.350 e. The lowest BCUT2D eigenvalue weighted by molar-refractivity contribution is -0.125. The van der Waals surface area contributed by atoms with Crippen molar-refractivity contribution in [2.24, 2.45) is 0 Å². The first-order valence-electron chi connectivity index (χ1n) is 10.0. The van der Waals surface area contributed by atoms with Gasteiger partial charge < -0.3 is 10.2 Å². The van der Waals surface area contributed by atoms with Crippen LogP contribution in [-0.2, 0) is 11.3 Å². The molecule has 0 aliphatic carbocycles. The van der Waals surface area contributed by atoms with Crippen molar-refractivity contribution < 1.29 is 9.59 Å². The highest BCUT2D eigenvalue weighted by Gasteiger charge is 2.34. The van der Waals surface area contributed by atoms with E-state index in [9.17, 15) is 9.59 Å². The van der Waals surface area contributed by atoms with Crippen LogP contribution in [0.3, 0.4) is 0 Å². The lowest BCUT2D eigenvalue weighted by Crippen LogP contribution is -2.45. The number of nitrogens with zero attached hydrogens (tertiary/aromatic N) is 1. The van der Waals surface area contributed by atoms with Crippen LogP contribution in [0.15, 0.2) is 84.9 Å². The van der Waals surface area contributed by atoms with E-state index in [-0.39, 0.29) is 11.8 Å². The summed E-state index contributed by atoms with van der Waals surface area (Å²) in [5.41, 5.74) is 3.85. The Labute approximate surface area is 171 Å². The first-order chi connectivity index (χ1) is 14.2. The summed E-state index contributed by atoms with van der Waals surface area (Å²) in [7, 11) is 0. The molecule has 1 atom stereocenters. The van der Waals surface area contributed by atoms with Gasteiger partial charge in [0.05, 0.1) is 0 Å². The largest absolute Gasteiger partial charge is 0.350 e. The summed E-state index contributed by atoms with van der Waals surface area (Å²) in [6.45, 7) is 1.09. The van der Waals surface area contributed by atoms with Gasteiger partial charge in [0.1, 0.15) is 6.04 Å². The summed E-state index contributed by atoms with van der Waals surface area (Å²) in [5, 5.41) is 2.97. The normalized spacial score (nSPS) is 15.9. The molecule has 0 aromatic heterocycles. The second-order valence-corrected chi connectivity index (χ2v) is 7.30. The summed E-state index contributed by atoms with van der Waals surface area (Å²) in [5.74, 6) is -0.164. The molecule has 1 heterocycles. The summed E-state index contributed by atoms with van der Waals surface area (Å²) in [4.78, 5) is 27.4. The van der Waals surface area contributed by atoms with Gasteiger partial charge in [0, 0.05) is 18.7 Å². The van der Waals surface area contributed by atoms with E-state index in [0.29, 0.717) is 25.1 Å². The minimum absolute atomic E-state index is 0.0815. The molecule has 1 N–H and O–H groups in total. The quantitative estimate of drug-likeness (QED) is 0.714. The highest BCUT2D eigenvalue weighted by atomic mass is 16.2. The Bertz CT molecular complexity index is 969. The molecule has 0 unspecified atom stereocenters. The molecule has 0 bridgehead atoms. The second-order valence-electron chi connectivity index (χ2n) is 7.30. The Balaban J connectivity index is 1.42. The Morgan fingerprint density at radius 3 is 2.14 bits per heavy atom. The standard InChI is InChI=1S/C25H24N2O2/c28-24(26-18-19-8-3-1-4-9-19)23-12-7-17-27(23)25(29)22-15-13-21(14-16-22)20-10-5-2-6-11-20/h1-6,8-11,13-16,23H,7,12,17-18H2,(H,26,28)/t23-/m0/s1. The third-order valence-electron chi connectivity index (χ3n) is 5.36. The first-order valence-corrected chi connectivity index (χ1v) is 10.0. The van der Waals surface area contributed by atoms with Gasteiger partial charge in [-0.25, -0.2) is 0 Å². The van der Waals surface area contributed by atoms with Gasteiger partial charge in [0.2, 0.25) is 5.91 Å². The molecule has 1 aliphatic rings. The molecule has 4 heteroatoms. The van der Waals surface area contributed by atoms with Crippen LogP contribution < -0.4 is 5.32 Å². The molecule has 146 valence electrons. The van der Waals surface area contributed by atoms with Gasteiger partial charge in [-0.05, 0) is 41.7 Å². The lowest BCUT2D eigenvalue weighted by atomic mass is 10.0. The van der Waals surface area contributed by atoms with Gasteiger partial charge in [-0.3, -0.25) is 9.59 Å². The molecule has 4 rings (SSSR count). The van der Waals surface area contributed by atoms with E-state index in [2.05, 4.69) is 5.32 Å². The van der Waals surface area contributed by atoms with Gasteiger partial charge in [0.15, 0.2) is 0 Å². The maximum Gasteiger partial charge on any atom is 0.254 e. The predicted octanol–water partition coefficient (Wildman–Crippen LogP) is 4.27. The van der Waals surface area contributed by atoms with Gasteiger partial charge in [-0.15, -0.1) is 0 Å². The second kappa shape index (κ2) is 8.74. The predicted molar refractivity (Wildman–Crippen MR) is 114 cm³/mol. The third-order valence-corrected chi connectivity index (χ3v) is 5.36. The molecule has 0 radical (unpaired) electrons. The molecule has 3 aromatic carbocycles. The van der Waals surface area contributed by atoms with Crippen molar-refractivity contribution in [2.45, 2.75) is 25.4 Å². The molecular weight excluding hydrogens is 360 g/mol. The van der Waals surface area contributed by atoms with Crippen LogP contribution in [0.1, 0.15) is 28.8 Å². The zero-order valence-electron chi connectivity index (χ0n) is 16.3. The molecule has 1 aliphatic heterocycles. The van der Waals surface area contributed by atoms with Crippen molar-refractivity contribution in [2.75, 3.05) is 6.54 Å². The van der Waals surface area contributed by atoms with E-state index in [1.54, 1.807) is 4.90 Å². The van der Waals surface area contributed by atoms with Crippen molar-refractivity contribution >= 4 is 11.8 Å². The van der Waals surface area contributed by atoms with E-state index in [4.69, 9.17) is 0 Å². The van der Waals surface area contributed by atoms with Gasteiger partial charge in [-0.2, -0.15) is 0 Å². The number of hydrogen-bond donors (Lipinski definition) is 1. The van der Waals surface area contributed by atoms with E-state index < -0.39 is 6.04 Å². The van der Waals surface area contributed by atoms with Gasteiger partial charge >= 0.3 is 0 Å². The minimum atomic E-state index is -0.403. The molecule has 3 aromatic rings. The van der Waals surface area contributed by atoms with Crippen LogP contribution in [0.4, 0.5) is 0 Å². The summed E-state index contributed by atoms with van der Waals surface area (Å²) >= 11 is 0. The fraction of sp³-hybridized carbons (Fsp3) is 0.200. The highest BCUT2D eigenvalue weighted by molar-refractivity contribution is 5.98. The van der Waals surface area contributed by atoms with E-state index >= 15 is 0 Å². The van der Waals surface area contributed by atoms with Crippen molar-refractivity contribution in [3.63, 3.8) is 0 Å². The molecule has 4 nitrogen and oxygen atoms in total. The topological polar surface area (TPSA) is 49.4 Å². The van der Waals surface area contributed by atoms with Crippen LogP contribution in [0.25, 0.3) is 11.1 Å². The number of likely N-dealkylation sites (tertiary alicyclic amines) is 1. The van der Waals surface area contributed by atoms with E-state index in [1.807, 2.05) is 84.9 Å². The summed E-state index contributed by atoms with van der Waals surface area (Å²) < 4.78 is 0. The Kier molecular flexibility index (Phi) is 5.71. The number of nitrogens with one attached hydrogen (secondary N) is 1. The smallest absolute Gasteiger partial charge is 0.254 e. The SMILES string of the molecule is O=C(NCc1ccccc1)[C@@H]1CCCN1C(=O)c1ccc(-c2ccccc2)cc1. The van der Waals surface area contributed by atoms with Crippen molar-refractivity contribution in [1.82, 2.24) is 10.2 Å². The monoisotopic (exact) mass is 384 g/mol. The Morgan fingerprint density at radius 2 is 1.45 bits per heavy atom. The molecule has 1 fully saturated rings. The number of carbonyl (C=O) groups excluding carboxylic acids is 2. The van der Waals surface area contributed by atoms with Crippen molar-refractivity contribution in [1.29, 1.82) is 0 Å². The molecule has 29 heavy (non-hydrogen) atoms. The fourth-order valence-corrected chi connectivity index (χ4v) is 3.79. The number of benzene rings is 3. The fourth-order valence-electron chi connectivity index (χ4n) is 3.79. The Morgan fingerprint density at radius 1 is 0.828 bits per heavy atom. The highest BCUT2D eigenvalue weighted by Crippen LogP contribution is 2.23. The van der Waals surface area contributed by atoms with E-state index in [0.717, 1.165) is 23.1 Å². The van der Waals surface area contributed by atoms with E-state index in [1.165, 1.54) is 0 Å². The Hall–Kier alpha value is -3.40. The van der Waals surface area contributed by atoms with Crippen molar-refractivity contribution in [3.8, 4) is 11.1 Å². The van der Waals surface area contributed by atoms with Crippen LogP contribution in [-0.4, -0.2) is 29.3 Å². The van der Waals surface area contributed by atoms with Crippen LogP contribution >= 0.6 is 0 Å².